The molecular weight excluding hydrogens is 428 g/mol. The highest BCUT2D eigenvalue weighted by molar-refractivity contribution is 5.83. The number of amides is 1. The van der Waals surface area contributed by atoms with Gasteiger partial charge in [0.2, 0.25) is 5.91 Å². The molecule has 4 rings (SSSR count). The van der Waals surface area contributed by atoms with E-state index in [1.165, 1.54) is 0 Å². The number of benzene rings is 1. The number of carbonyl (C=O) groups is 2. The van der Waals surface area contributed by atoms with E-state index in [9.17, 15) is 9.59 Å². The first-order valence-electron chi connectivity index (χ1n) is 12.2. The van der Waals surface area contributed by atoms with Gasteiger partial charge >= 0.3 is 5.97 Å². The Kier molecular flexibility index (Phi) is 7.63. The second-order valence-electron chi connectivity index (χ2n) is 10.5. The number of cyclic esters (lactones) is 1. The number of rotatable bonds is 7. The summed E-state index contributed by atoms with van der Waals surface area (Å²) in [5.41, 5.74) is 1.98. The molecule has 0 aliphatic carbocycles. The van der Waals surface area contributed by atoms with Crippen molar-refractivity contribution in [2.45, 2.75) is 57.8 Å². The summed E-state index contributed by atoms with van der Waals surface area (Å²) in [6, 6.07) is 13.8. The van der Waals surface area contributed by atoms with Crippen LogP contribution >= 0.6 is 0 Å². The highest BCUT2D eigenvalue weighted by Gasteiger charge is 2.39. The van der Waals surface area contributed by atoms with Crippen LogP contribution in [-0.2, 0) is 27.3 Å². The van der Waals surface area contributed by atoms with Gasteiger partial charge in [-0.25, -0.2) is 0 Å². The average Bonchev–Trinajstić information content (AvgIpc) is 3.13. The number of pyridine rings is 1. The third kappa shape index (κ3) is 6.64. The molecule has 3 heterocycles. The molecule has 1 N–H and O–H groups in total. The summed E-state index contributed by atoms with van der Waals surface area (Å²) in [5.74, 6) is -0.227. The maximum Gasteiger partial charge on any atom is 0.309 e. The van der Waals surface area contributed by atoms with Gasteiger partial charge in [0.25, 0.3) is 0 Å². The highest BCUT2D eigenvalue weighted by Crippen LogP contribution is 2.27. The van der Waals surface area contributed by atoms with Crippen molar-refractivity contribution in [1.82, 2.24) is 20.1 Å². The van der Waals surface area contributed by atoms with Crippen LogP contribution in [0.2, 0.25) is 0 Å². The van der Waals surface area contributed by atoms with Crippen LogP contribution in [0.4, 0.5) is 0 Å². The molecule has 2 saturated heterocycles. The van der Waals surface area contributed by atoms with Crippen molar-refractivity contribution < 1.29 is 14.3 Å². The van der Waals surface area contributed by atoms with E-state index in [4.69, 9.17) is 4.74 Å². The quantitative estimate of drug-likeness (QED) is 0.635. The third-order valence-electron chi connectivity index (χ3n) is 6.43. The zero-order valence-electron chi connectivity index (χ0n) is 20.4. The van der Waals surface area contributed by atoms with Gasteiger partial charge < -0.3 is 10.1 Å². The lowest BCUT2D eigenvalue weighted by Gasteiger charge is -2.42. The molecule has 0 radical (unpaired) electrons. The highest BCUT2D eigenvalue weighted by atomic mass is 16.6. The van der Waals surface area contributed by atoms with Crippen molar-refractivity contribution in [2.24, 2.45) is 5.92 Å². The fraction of sp³-hybridized carbons (Fsp3) is 0.519. The summed E-state index contributed by atoms with van der Waals surface area (Å²) < 4.78 is 5.77. The molecular formula is C27H36N4O3. The van der Waals surface area contributed by atoms with Crippen molar-refractivity contribution in [3.8, 4) is 0 Å². The van der Waals surface area contributed by atoms with Crippen LogP contribution in [0.3, 0.4) is 0 Å². The van der Waals surface area contributed by atoms with E-state index in [1.54, 1.807) is 6.20 Å². The minimum Gasteiger partial charge on any atom is -0.461 e. The molecule has 1 aromatic carbocycles. The van der Waals surface area contributed by atoms with Crippen LogP contribution in [0, 0.1) is 5.92 Å². The number of hydrogen-bond acceptors (Lipinski definition) is 6. The van der Waals surface area contributed by atoms with E-state index in [0.29, 0.717) is 25.9 Å². The molecule has 0 bridgehead atoms. The molecule has 1 aromatic heterocycles. The summed E-state index contributed by atoms with van der Waals surface area (Å²) in [7, 11) is 0. The Morgan fingerprint density at radius 3 is 2.59 bits per heavy atom. The van der Waals surface area contributed by atoms with Gasteiger partial charge in [-0.15, -0.1) is 0 Å². The smallest absolute Gasteiger partial charge is 0.309 e. The number of esters is 1. The minimum absolute atomic E-state index is 0.0218. The SMILES string of the molecule is CC(C)(C)NC(=O)[C@@H]1CN(Cc2cccnc2)CCN1C[C@@H]1C[C@@H](Cc2ccccc2)C(=O)O1. The largest absolute Gasteiger partial charge is 0.461 e. The molecule has 7 nitrogen and oxygen atoms in total. The van der Waals surface area contributed by atoms with Crippen LogP contribution in [0.25, 0.3) is 0 Å². The van der Waals surface area contributed by atoms with Crippen molar-refractivity contribution >= 4 is 11.9 Å². The minimum atomic E-state index is -0.311. The maximum absolute atomic E-state index is 13.3. The van der Waals surface area contributed by atoms with Crippen LogP contribution in [0.1, 0.15) is 38.3 Å². The van der Waals surface area contributed by atoms with Crippen LogP contribution in [0.15, 0.2) is 54.9 Å². The molecule has 2 aliphatic heterocycles. The lowest BCUT2D eigenvalue weighted by Crippen LogP contribution is -2.61. The van der Waals surface area contributed by atoms with Crippen molar-refractivity contribution in [2.75, 3.05) is 26.2 Å². The zero-order chi connectivity index (χ0) is 24.1. The Labute approximate surface area is 202 Å². The average molecular weight is 465 g/mol. The normalized spacial score (nSPS) is 24.1. The molecule has 7 heteroatoms. The maximum atomic E-state index is 13.3. The summed E-state index contributed by atoms with van der Waals surface area (Å²) in [5, 5.41) is 3.15. The van der Waals surface area contributed by atoms with Crippen LogP contribution in [-0.4, -0.2) is 70.5 Å². The predicted octanol–water partition coefficient (Wildman–Crippen LogP) is 2.66. The molecule has 2 aromatic rings. The van der Waals surface area contributed by atoms with E-state index < -0.39 is 0 Å². The number of aromatic nitrogens is 1. The first-order valence-corrected chi connectivity index (χ1v) is 12.2. The van der Waals surface area contributed by atoms with E-state index in [1.807, 2.05) is 51.2 Å². The lowest BCUT2D eigenvalue weighted by atomic mass is 9.95. The van der Waals surface area contributed by atoms with Gasteiger partial charge in [0.15, 0.2) is 0 Å². The molecule has 182 valence electrons. The molecule has 0 saturated carbocycles. The monoisotopic (exact) mass is 464 g/mol. The number of nitrogens with zero attached hydrogens (tertiary/aromatic N) is 3. The van der Waals surface area contributed by atoms with Gasteiger partial charge in [-0.1, -0.05) is 36.4 Å². The molecule has 34 heavy (non-hydrogen) atoms. The second-order valence-corrected chi connectivity index (χ2v) is 10.5. The number of nitrogens with one attached hydrogen (secondary N) is 1. The molecule has 0 unspecified atom stereocenters. The Bertz CT molecular complexity index is 961. The van der Waals surface area contributed by atoms with E-state index >= 15 is 0 Å². The first-order chi connectivity index (χ1) is 16.3. The molecule has 1 amide bonds. The van der Waals surface area contributed by atoms with Gasteiger partial charge in [-0.3, -0.25) is 24.4 Å². The number of ether oxygens (including phenoxy) is 1. The van der Waals surface area contributed by atoms with Gasteiger partial charge in [0.1, 0.15) is 12.1 Å². The van der Waals surface area contributed by atoms with Crippen molar-refractivity contribution in [1.29, 1.82) is 0 Å². The zero-order valence-corrected chi connectivity index (χ0v) is 20.4. The van der Waals surface area contributed by atoms with E-state index in [2.05, 4.69) is 38.3 Å². The van der Waals surface area contributed by atoms with Gasteiger partial charge in [0, 0.05) is 50.7 Å². The number of piperazine rings is 1. The van der Waals surface area contributed by atoms with Gasteiger partial charge in [-0.2, -0.15) is 0 Å². The van der Waals surface area contributed by atoms with Crippen LogP contribution < -0.4 is 5.32 Å². The predicted molar refractivity (Wildman–Crippen MR) is 131 cm³/mol. The second kappa shape index (κ2) is 10.7. The third-order valence-corrected chi connectivity index (χ3v) is 6.43. The van der Waals surface area contributed by atoms with E-state index in [0.717, 1.165) is 30.8 Å². The van der Waals surface area contributed by atoms with Gasteiger partial charge in [-0.05, 0) is 50.8 Å². The van der Waals surface area contributed by atoms with Crippen LogP contribution in [0.5, 0.6) is 0 Å². The first kappa shape index (κ1) is 24.4. The Hall–Kier alpha value is -2.77. The molecule has 0 spiro atoms. The number of carbonyl (C=O) groups excluding carboxylic acids is 2. The summed E-state index contributed by atoms with van der Waals surface area (Å²) in [6.45, 7) is 9.57. The molecule has 2 fully saturated rings. The topological polar surface area (TPSA) is 74.8 Å². The van der Waals surface area contributed by atoms with Crippen molar-refractivity contribution in [3.63, 3.8) is 0 Å². The Balaban J connectivity index is 1.40. The lowest BCUT2D eigenvalue weighted by molar-refractivity contribution is -0.145. The Morgan fingerprint density at radius 1 is 1.12 bits per heavy atom. The molecule has 3 atom stereocenters. The van der Waals surface area contributed by atoms with Gasteiger partial charge in [0.05, 0.1) is 5.92 Å². The number of hydrogen-bond donors (Lipinski definition) is 1. The summed E-state index contributed by atoms with van der Waals surface area (Å²) >= 11 is 0. The standard InChI is InChI=1S/C27H36N4O3/c1-27(2,3)29-25(32)24-19-30(17-21-10-7-11-28-16-21)12-13-31(24)18-23-15-22(26(33)34-23)14-20-8-5-4-6-9-20/h4-11,16,22-24H,12-15,17-19H2,1-3H3,(H,29,32)/t22-,23+,24+/m1/s1. The summed E-state index contributed by atoms with van der Waals surface area (Å²) in [4.78, 5) is 34.5. The summed E-state index contributed by atoms with van der Waals surface area (Å²) in [6.07, 6.45) is 4.85. The molecule has 2 aliphatic rings. The fourth-order valence-corrected chi connectivity index (χ4v) is 4.85. The van der Waals surface area contributed by atoms with E-state index in [-0.39, 0.29) is 35.5 Å². The Morgan fingerprint density at radius 2 is 1.88 bits per heavy atom. The fourth-order valence-electron chi connectivity index (χ4n) is 4.85. The van der Waals surface area contributed by atoms with Crippen molar-refractivity contribution in [3.05, 3.63) is 66.0 Å².